The maximum absolute atomic E-state index is 12.0. The number of aromatic amines is 1. The molecule has 0 saturated heterocycles. The number of aromatic nitrogens is 2. The minimum atomic E-state index is -0.760. The Kier molecular flexibility index (Phi) is 5.63. The summed E-state index contributed by atoms with van der Waals surface area (Å²) in [6, 6.07) is -0.760. The molecule has 0 bridgehead atoms. The van der Waals surface area contributed by atoms with Gasteiger partial charge in [-0.1, -0.05) is 5.22 Å². The van der Waals surface area contributed by atoms with Crippen molar-refractivity contribution < 1.29 is 14.3 Å². The van der Waals surface area contributed by atoms with Crippen molar-refractivity contribution in [2.45, 2.75) is 19.9 Å². The van der Waals surface area contributed by atoms with E-state index in [1.807, 2.05) is 0 Å². The predicted octanol–water partition coefficient (Wildman–Crippen LogP) is 0.651. The zero-order valence-electron chi connectivity index (χ0n) is 11.9. The van der Waals surface area contributed by atoms with E-state index < -0.39 is 17.9 Å². The third-order valence-electron chi connectivity index (χ3n) is 2.15. The van der Waals surface area contributed by atoms with E-state index in [1.54, 1.807) is 21.0 Å². The summed E-state index contributed by atoms with van der Waals surface area (Å²) in [4.78, 5) is 30.0. The lowest BCUT2D eigenvalue weighted by atomic mass is 10.3. The molecule has 1 aromatic heterocycles. The summed E-state index contributed by atoms with van der Waals surface area (Å²) in [7, 11) is 3.39. The van der Waals surface area contributed by atoms with Crippen LogP contribution in [0.4, 0.5) is 5.82 Å². The van der Waals surface area contributed by atoms with E-state index in [2.05, 4.69) is 25.6 Å². The molecule has 0 aliphatic heterocycles. The molecule has 0 fully saturated rings. The molecule has 1 amide bonds. The smallest absolute Gasteiger partial charge is 0.328 e. The Bertz CT molecular complexity index is 496. The Hall–Kier alpha value is -2.45. The van der Waals surface area contributed by atoms with Crippen molar-refractivity contribution in [2.24, 2.45) is 10.3 Å². The summed E-state index contributed by atoms with van der Waals surface area (Å²) in [5, 5.41) is 11.5. The first kappa shape index (κ1) is 15.6. The van der Waals surface area contributed by atoms with Gasteiger partial charge >= 0.3 is 5.97 Å². The number of ether oxygens (including phenoxy) is 1. The molecule has 1 unspecified atom stereocenters. The lowest BCUT2D eigenvalue weighted by Gasteiger charge is -2.11. The van der Waals surface area contributed by atoms with Gasteiger partial charge in [0.2, 0.25) is 5.82 Å². The molecule has 1 atom stereocenters. The van der Waals surface area contributed by atoms with Gasteiger partial charge in [0, 0.05) is 14.1 Å². The molecular formula is C11H18N6O3. The molecule has 1 rings (SSSR count). The number of rotatable bonds is 6. The standard InChI is InChI=1S/C11H18N6O3/c1-5-20-11(19)7(2)14-10(18)8-9(13-6-12-8)15-16-17(3)4/h6-7H,5H2,1-4H3,(H,12,13)(H,14,18). The molecule has 0 spiro atoms. The number of carbonyl (C=O) groups is 2. The number of H-pyrrole nitrogens is 1. The highest BCUT2D eigenvalue weighted by Crippen LogP contribution is 2.14. The van der Waals surface area contributed by atoms with Gasteiger partial charge in [-0.25, -0.2) is 9.78 Å². The second kappa shape index (κ2) is 7.22. The molecule has 110 valence electrons. The second-order valence-electron chi connectivity index (χ2n) is 4.08. The Labute approximate surface area is 116 Å². The Morgan fingerprint density at radius 3 is 2.85 bits per heavy atom. The van der Waals surface area contributed by atoms with E-state index in [0.29, 0.717) is 0 Å². The lowest BCUT2D eigenvalue weighted by Crippen LogP contribution is -2.39. The molecule has 0 radical (unpaired) electrons. The first-order valence-corrected chi connectivity index (χ1v) is 6.05. The molecule has 1 aromatic rings. The predicted molar refractivity (Wildman–Crippen MR) is 70.4 cm³/mol. The van der Waals surface area contributed by atoms with Crippen molar-refractivity contribution in [3.63, 3.8) is 0 Å². The zero-order valence-corrected chi connectivity index (χ0v) is 11.9. The number of imidazole rings is 1. The highest BCUT2D eigenvalue weighted by Gasteiger charge is 2.21. The van der Waals surface area contributed by atoms with E-state index in [-0.39, 0.29) is 18.1 Å². The highest BCUT2D eigenvalue weighted by molar-refractivity contribution is 5.98. The Morgan fingerprint density at radius 1 is 1.55 bits per heavy atom. The van der Waals surface area contributed by atoms with Gasteiger partial charge < -0.3 is 15.0 Å². The van der Waals surface area contributed by atoms with Gasteiger partial charge in [0.1, 0.15) is 6.04 Å². The average Bonchev–Trinajstić information content (AvgIpc) is 2.84. The van der Waals surface area contributed by atoms with Crippen LogP contribution < -0.4 is 5.32 Å². The van der Waals surface area contributed by atoms with Crippen LogP contribution in [0.1, 0.15) is 24.3 Å². The van der Waals surface area contributed by atoms with Gasteiger partial charge in [-0.05, 0) is 13.8 Å². The van der Waals surface area contributed by atoms with Crippen LogP contribution in [-0.4, -0.2) is 53.6 Å². The van der Waals surface area contributed by atoms with Gasteiger partial charge in [-0.2, -0.15) is 0 Å². The molecule has 1 heterocycles. The Balaban J connectivity index is 2.73. The van der Waals surface area contributed by atoms with E-state index in [9.17, 15) is 9.59 Å². The molecule has 2 N–H and O–H groups in total. The van der Waals surface area contributed by atoms with Crippen LogP contribution in [0.5, 0.6) is 0 Å². The summed E-state index contributed by atoms with van der Waals surface area (Å²) >= 11 is 0. The molecular weight excluding hydrogens is 264 g/mol. The van der Waals surface area contributed by atoms with Crippen molar-refractivity contribution in [3.8, 4) is 0 Å². The number of amides is 1. The maximum atomic E-state index is 12.0. The fraction of sp³-hybridized carbons (Fsp3) is 0.545. The summed E-state index contributed by atoms with van der Waals surface area (Å²) in [6.07, 6.45) is 1.33. The third-order valence-corrected chi connectivity index (χ3v) is 2.15. The van der Waals surface area contributed by atoms with Gasteiger partial charge in [-0.15, -0.1) is 5.11 Å². The quantitative estimate of drug-likeness (QED) is 0.452. The highest BCUT2D eigenvalue weighted by atomic mass is 16.5. The molecule has 9 nitrogen and oxygen atoms in total. The van der Waals surface area contributed by atoms with Gasteiger partial charge in [-0.3, -0.25) is 9.80 Å². The van der Waals surface area contributed by atoms with Crippen LogP contribution in [0.2, 0.25) is 0 Å². The van der Waals surface area contributed by atoms with Crippen LogP contribution in [-0.2, 0) is 9.53 Å². The van der Waals surface area contributed by atoms with E-state index >= 15 is 0 Å². The maximum Gasteiger partial charge on any atom is 0.328 e. The van der Waals surface area contributed by atoms with Gasteiger partial charge in [0.05, 0.1) is 12.9 Å². The fourth-order valence-electron chi connectivity index (χ4n) is 1.26. The summed E-state index contributed by atoms with van der Waals surface area (Å²) in [5.41, 5.74) is 0.131. The Morgan fingerprint density at radius 2 is 2.25 bits per heavy atom. The van der Waals surface area contributed by atoms with Crippen LogP contribution >= 0.6 is 0 Å². The van der Waals surface area contributed by atoms with Crippen molar-refractivity contribution in [3.05, 3.63) is 12.0 Å². The average molecular weight is 282 g/mol. The molecule has 0 aliphatic rings. The first-order valence-electron chi connectivity index (χ1n) is 6.05. The van der Waals surface area contributed by atoms with Crippen LogP contribution in [0.25, 0.3) is 0 Å². The van der Waals surface area contributed by atoms with Crippen molar-refractivity contribution in [1.82, 2.24) is 20.3 Å². The molecule has 20 heavy (non-hydrogen) atoms. The third kappa shape index (κ3) is 4.34. The van der Waals surface area contributed by atoms with Crippen molar-refractivity contribution in [1.29, 1.82) is 0 Å². The molecule has 0 aromatic carbocycles. The first-order chi connectivity index (χ1) is 9.45. The molecule has 9 heteroatoms. The topological polar surface area (TPSA) is 112 Å². The minimum absolute atomic E-state index is 0.131. The number of esters is 1. The van der Waals surface area contributed by atoms with E-state index in [1.165, 1.54) is 18.3 Å². The number of carbonyl (C=O) groups excluding carboxylic acids is 2. The summed E-state index contributed by atoms with van der Waals surface area (Å²) < 4.78 is 4.80. The fourth-order valence-corrected chi connectivity index (χ4v) is 1.26. The monoisotopic (exact) mass is 282 g/mol. The van der Waals surface area contributed by atoms with Crippen LogP contribution in [0.3, 0.4) is 0 Å². The van der Waals surface area contributed by atoms with Crippen molar-refractivity contribution in [2.75, 3.05) is 20.7 Å². The lowest BCUT2D eigenvalue weighted by molar-refractivity contribution is -0.144. The number of hydrogen-bond donors (Lipinski definition) is 2. The largest absolute Gasteiger partial charge is 0.464 e. The van der Waals surface area contributed by atoms with Crippen LogP contribution in [0.15, 0.2) is 16.7 Å². The minimum Gasteiger partial charge on any atom is -0.464 e. The van der Waals surface area contributed by atoms with E-state index in [4.69, 9.17) is 4.74 Å². The van der Waals surface area contributed by atoms with Crippen molar-refractivity contribution >= 4 is 17.7 Å². The SMILES string of the molecule is CCOC(=O)C(C)NC(=O)c1[nH]cnc1N=NN(C)C. The van der Waals surface area contributed by atoms with Gasteiger partial charge in [0.15, 0.2) is 5.69 Å². The summed E-state index contributed by atoms with van der Waals surface area (Å²) in [5.74, 6) is -0.861. The molecule has 0 aliphatic carbocycles. The molecule has 0 saturated carbocycles. The number of nitrogens with one attached hydrogen (secondary N) is 2. The normalized spacial score (nSPS) is 12.2. The van der Waals surface area contributed by atoms with E-state index in [0.717, 1.165) is 0 Å². The summed E-state index contributed by atoms with van der Waals surface area (Å²) in [6.45, 7) is 3.49. The number of hydrogen-bond acceptors (Lipinski definition) is 6. The van der Waals surface area contributed by atoms with Gasteiger partial charge in [0.25, 0.3) is 5.91 Å². The van der Waals surface area contributed by atoms with Crippen LogP contribution in [0, 0.1) is 0 Å². The zero-order chi connectivity index (χ0) is 15.1. The second-order valence-corrected chi connectivity index (χ2v) is 4.08. The number of nitrogens with zero attached hydrogens (tertiary/aromatic N) is 4.